The fourth-order valence-electron chi connectivity index (χ4n) is 4.38. The normalized spacial score (nSPS) is 32.8. The highest BCUT2D eigenvalue weighted by molar-refractivity contribution is 7.81. The summed E-state index contributed by atoms with van der Waals surface area (Å²) in [6.45, 7) is 1.32. The lowest BCUT2D eigenvalue weighted by Gasteiger charge is -2.42. The third kappa shape index (κ3) is 6.97. The van der Waals surface area contributed by atoms with Crippen LogP contribution in [0.2, 0.25) is 0 Å². The van der Waals surface area contributed by atoms with Crippen LogP contribution in [-0.2, 0) is 52.9 Å². The van der Waals surface area contributed by atoms with Gasteiger partial charge in [0.25, 0.3) is 5.56 Å². The number of ether oxygens (including phenoxy) is 4. The molecule has 7 N–H and O–H groups in total. The van der Waals surface area contributed by atoms with Gasteiger partial charge in [-0.1, -0.05) is 0 Å². The van der Waals surface area contributed by atoms with Crippen LogP contribution in [0, 0.1) is 0 Å². The quantitative estimate of drug-likeness (QED) is 0.115. The van der Waals surface area contributed by atoms with Crippen molar-refractivity contribution in [3.8, 4) is 0 Å². The number of nitrogens with zero attached hydrogens (tertiary/aromatic N) is 3. The zero-order valence-electron chi connectivity index (χ0n) is 20.9. The molecule has 2 aromatic heterocycles. The summed E-state index contributed by atoms with van der Waals surface area (Å²) in [6, 6.07) is 0. The van der Waals surface area contributed by atoms with Crippen LogP contribution in [0.4, 0.5) is 5.95 Å². The van der Waals surface area contributed by atoms with Crippen molar-refractivity contribution in [1.82, 2.24) is 19.5 Å². The van der Waals surface area contributed by atoms with E-state index in [1.165, 1.54) is 6.92 Å². The van der Waals surface area contributed by atoms with Crippen LogP contribution in [0.3, 0.4) is 0 Å². The minimum absolute atomic E-state index is 0.236. The molecule has 9 atom stereocenters. The molecule has 0 amide bonds. The molecular formula is C18H25N5O16S2. The SMILES string of the molecule is CC(=O)O[C@H]1[C@@H](O)[C@H](O)[C@H](O[C@@H]2[C@H](OS(=O)(=O)O)[C@@H](COS(=O)(=O)O)O[C@H]2n2cnc3c(=O)[nH]c(N)nc32)O[C@H]1C. The molecule has 0 radical (unpaired) electrons. The van der Waals surface area contributed by atoms with E-state index in [1.54, 1.807) is 0 Å². The predicted octanol–water partition coefficient (Wildman–Crippen LogP) is -3.61. The molecule has 0 aromatic carbocycles. The van der Waals surface area contributed by atoms with Gasteiger partial charge in [-0.25, -0.2) is 13.4 Å². The number of nitrogens with two attached hydrogens (primary N) is 1. The highest BCUT2D eigenvalue weighted by Gasteiger charge is 2.54. The Kier molecular flexibility index (Phi) is 8.68. The second kappa shape index (κ2) is 11.4. The molecule has 0 aliphatic carbocycles. The lowest BCUT2D eigenvalue weighted by molar-refractivity contribution is -0.314. The maximum Gasteiger partial charge on any atom is 0.397 e. The number of rotatable bonds is 9. The van der Waals surface area contributed by atoms with Crippen LogP contribution in [0.5, 0.6) is 0 Å². The van der Waals surface area contributed by atoms with Gasteiger partial charge in [-0.15, -0.1) is 0 Å². The van der Waals surface area contributed by atoms with E-state index in [0.29, 0.717) is 0 Å². The summed E-state index contributed by atoms with van der Waals surface area (Å²) in [4.78, 5) is 33.7. The summed E-state index contributed by atoms with van der Waals surface area (Å²) in [5, 5.41) is 21.2. The molecule has 0 unspecified atom stereocenters. The van der Waals surface area contributed by atoms with Crippen LogP contribution in [0.15, 0.2) is 11.1 Å². The van der Waals surface area contributed by atoms with Gasteiger partial charge in [-0.2, -0.15) is 21.8 Å². The van der Waals surface area contributed by atoms with E-state index in [9.17, 15) is 41.2 Å². The number of esters is 1. The van der Waals surface area contributed by atoms with Gasteiger partial charge in [0, 0.05) is 6.92 Å². The first-order chi connectivity index (χ1) is 18.9. The van der Waals surface area contributed by atoms with Gasteiger partial charge in [0.05, 0.1) is 19.0 Å². The Morgan fingerprint density at radius 1 is 1.12 bits per heavy atom. The van der Waals surface area contributed by atoms with Gasteiger partial charge in [-0.3, -0.25) is 28.2 Å². The monoisotopic (exact) mass is 631 g/mol. The van der Waals surface area contributed by atoms with Crippen molar-refractivity contribution in [2.45, 2.75) is 69.1 Å². The second-order valence-electron chi connectivity index (χ2n) is 8.91. The van der Waals surface area contributed by atoms with Gasteiger partial charge < -0.3 is 34.9 Å². The first-order valence-corrected chi connectivity index (χ1v) is 14.2. The smallest absolute Gasteiger partial charge is 0.397 e. The highest BCUT2D eigenvalue weighted by Crippen LogP contribution is 2.38. The third-order valence-electron chi connectivity index (χ3n) is 5.99. The van der Waals surface area contributed by atoms with Gasteiger partial charge >= 0.3 is 26.8 Å². The van der Waals surface area contributed by atoms with E-state index in [1.807, 2.05) is 0 Å². The molecule has 230 valence electrons. The molecule has 4 heterocycles. The second-order valence-corrected chi connectivity index (χ2v) is 11.0. The molecule has 4 rings (SSSR count). The van der Waals surface area contributed by atoms with Crippen molar-refractivity contribution in [2.75, 3.05) is 12.3 Å². The summed E-state index contributed by atoms with van der Waals surface area (Å²) in [6.07, 6.45) is -14.2. The number of aromatic amines is 1. The van der Waals surface area contributed by atoms with Crippen molar-refractivity contribution in [1.29, 1.82) is 0 Å². The third-order valence-corrected chi connectivity index (χ3v) is 6.89. The Morgan fingerprint density at radius 3 is 2.41 bits per heavy atom. The van der Waals surface area contributed by atoms with Crippen LogP contribution >= 0.6 is 0 Å². The summed E-state index contributed by atoms with van der Waals surface area (Å²) in [7, 11) is -10.4. The summed E-state index contributed by atoms with van der Waals surface area (Å²) >= 11 is 0. The van der Waals surface area contributed by atoms with Gasteiger partial charge in [-0.05, 0) is 6.92 Å². The molecular weight excluding hydrogens is 606 g/mol. The fourth-order valence-corrected chi connectivity index (χ4v) is 5.20. The summed E-state index contributed by atoms with van der Waals surface area (Å²) in [5.74, 6) is -1.16. The molecule has 2 aliphatic rings. The lowest BCUT2D eigenvalue weighted by Crippen LogP contribution is -2.60. The number of fused-ring (bicyclic) bond motifs is 1. The van der Waals surface area contributed by atoms with Crippen LogP contribution < -0.4 is 11.3 Å². The predicted molar refractivity (Wildman–Crippen MR) is 127 cm³/mol. The molecule has 2 aromatic rings. The molecule has 0 bridgehead atoms. The van der Waals surface area contributed by atoms with E-state index in [-0.39, 0.29) is 17.1 Å². The van der Waals surface area contributed by atoms with Crippen LogP contribution in [0.1, 0.15) is 20.1 Å². The van der Waals surface area contributed by atoms with Crippen molar-refractivity contribution in [2.24, 2.45) is 0 Å². The molecule has 41 heavy (non-hydrogen) atoms. The number of imidazole rings is 1. The Balaban J connectivity index is 1.76. The minimum atomic E-state index is -5.33. The Labute approximate surface area is 230 Å². The van der Waals surface area contributed by atoms with Gasteiger partial charge in [0.2, 0.25) is 5.95 Å². The number of hydrogen-bond acceptors (Lipinski definition) is 17. The van der Waals surface area contributed by atoms with Crippen molar-refractivity contribution in [3.63, 3.8) is 0 Å². The Morgan fingerprint density at radius 2 is 1.80 bits per heavy atom. The number of carbonyl (C=O) groups excluding carboxylic acids is 1. The average molecular weight is 632 g/mol. The maximum atomic E-state index is 12.3. The van der Waals surface area contributed by atoms with E-state index < -0.39 is 94.2 Å². The maximum absolute atomic E-state index is 12.3. The molecule has 21 nitrogen and oxygen atoms in total. The lowest BCUT2D eigenvalue weighted by atomic mass is 9.99. The van der Waals surface area contributed by atoms with E-state index in [2.05, 4.69) is 23.3 Å². The molecule has 23 heteroatoms. The fraction of sp³-hybridized carbons (Fsp3) is 0.667. The number of aliphatic hydroxyl groups excluding tert-OH is 2. The molecule has 2 fully saturated rings. The van der Waals surface area contributed by atoms with Gasteiger partial charge in [0.1, 0.15) is 30.5 Å². The molecule has 2 aliphatic heterocycles. The number of aromatic nitrogens is 4. The van der Waals surface area contributed by atoms with Gasteiger partial charge in [0.15, 0.2) is 29.8 Å². The van der Waals surface area contributed by atoms with E-state index in [0.717, 1.165) is 17.8 Å². The first kappa shape index (κ1) is 31.1. The van der Waals surface area contributed by atoms with Crippen molar-refractivity contribution in [3.05, 3.63) is 16.7 Å². The van der Waals surface area contributed by atoms with Crippen LogP contribution in [-0.4, -0.2) is 117 Å². The van der Waals surface area contributed by atoms with Crippen LogP contribution in [0.25, 0.3) is 11.2 Å². The van der Waals surface area contributed by atoms with E-state index >= 15 is 0 Å². The number of nitrogen functional groups attached to an aromatic ring is 1. The standard InChI is InChI=1S/C18H25N5O16S2/c1-5-11(36-6(2)24)9(25)10(26)17(35-5)38-13-12(39-41(31,32)33)7(3-34-40(28,29)30)37-16(13)23-4-20-8-14(23)21-18(19)22-15(8)27/h4-5,7,9-13,16-17,25-26H,3H2,1-2H3,(H,28,29,30)(H,31,32,33)(H3,19,21,22,27)/t5-,7+,9-,10-,11+,12+,13+,16+,17-/m0/s1. The summed E-state index contributed by atoms with van der Waals surface area (Å²) < 4.78 is 96.3. The first-order valence-electron chi connectivity index (χ1n) is 11.4. The average Bonchev–Trinajstić information content (AvgIpc) is 3.38. The summed E-state index contributed by atoms with van der Waals surface area (Å²) in [5.41, 5.74) is 4.33. The van der Waals surface area contributed by atoms with Crippen molar-refractivity contribution < 1.29 is 68.3 Å². The highest BCUT2D eigenvalue weighted by atomic mass is 32.3. The Hall–Kier alpha value is -2.84. The van der Waals surface area contributed by atoms with Crippen molar-refractivity contribution >= 4 is 43.9 Å². The number of carbonyl (C=O) groups is 1. The molecule has 0 saturated carbocycles. The number of H-pyrrole nitrogens is 1. The topological polar surface area (TPSA) is 311 Å². The number of anilines is 1. The largest absolute Gasteiger partial charge is 0.457 e. The minimum Gasteiger partial charge on any atom is -0.457 e. The van der Waals surface area contributed by atoms with E-state index in [4.69, 9.17) is 29.2 Å². The zero-order chi connectivity index (χ0) is 30.4. The zero-order valence-corrected chi connectivity index (χ0v) is 22.5. The molecule has 0 spiro atoms. The number of hydrogen-bond donors (Lipinski definition) is 6. The molecule has 2 saturated heterocycles. The number of nitrogens with one attached hydrogen (secondary N) is 1. The number of aliphatic hydroxyl groups is 2. The Bertz CT molecular complexity index is 1560.